The van der Waals surface area contributed by atoms with Gasteiger partial charge in [-0.15, -0.1) is 0 Å². The molecule has 0 atom stereocenters. The summed E-state index contributed by atoms with van der Waals surface area (Å²) in [5.74, 6) is -1.24. The lowest BCUT2D eigenvalue weighted by atomic mass is 10.1. The summed E-state index contributed by atoms with van der Waals surface area (Å²) in [6, 6.07) is 14.5. The minimum absolute atomic E-state index is 0.239. The van der Waals surface area contributed by atoms with Crippen LogP contribution in [0.15, 0.2) is 67.1 Å². The van der Waals surface area contributed by atoms with Gasteiger partial charge < -0.3 is 5.73 Å². The van der Waals surface area contributed by atoms with Crippen molar-refractivity contribution in [1.82, 2.24) is 29.3 Å². The van der Waals surface area contributed by atoms with E-state index in [1.54, 1.807) is 41.5 Å². The zero-order valence-corrected chi connectivity index (χ0v) is 16.8. The molecule has 5 aromatic rings. The number of rotatable bonds is 3. The number of aromatic nitrogens is 6. The zero-order chi connectivity index (χ0) is 21.9. The highest BCUT2D eigenvalue weighted by Crippen LogP contribution is 2.37. The lowest BCUT2D eigenvalue weighted by Gasteiger charge is -2.12. The molecule has 0 amide bonds. The Morgan fingerprint density at radius 1 is 0.938 bits per heavy atom. The van der Waals surface area contributed by atoms with Gasteiger partial charge in [0.25, 0.3) is 5.92 Å². The van der Waals surface area contributed by atoms with Gasteiger partial charge in [-0.3, -0.25) is 4.57 Å². The number of alkyl halides is 2. The normalized spacial score (nSPS) is 14.7. The van der Waals surface area contributed by atoms with Gasteiger partial charge in [0.05, 0.1) is 5.56 Å². The molecule has 1 aliphatic carbocycles. The number of benzene rings is 1. The molecular weight excluding hydrogens is 412 g/mol. The van der Waals surface area contributed by atoms with E-state index in [1.165, 1.54) is 0 Å². The molecule has 2 N–H and O–H groups in total. The first kappa shape index (κ1) is 18.6. The third-order valence-electron chi connectivity index (χ3n) is 5.65. The van der Waals surface area contributed by atoms with Crippen molar-refractivity contribution < 1.29 is 8.78 Å². The molecule has 1 aromatic carbocycles. The van der Waals surface area contributed by atoms with Gasteiger partial charge in [0.1, 0.15) is 11.3 Å². The van der Waals surface area contributed by atoms with Crippen molar-refractivity contribution in [1.29, 1.82) is 0 Å². The monoisotopic (exact) mass is 429 g/mol. The van der Waals surface area contributed by atoms with E-state index in [0.29, 0.717) is 51.0 Å². The van der Waals surface area contributed by atoms with Crippen molar-refractivity contribution in [3.05, 3.63) is 78.2 Å². The van der Waals surface area contributed by atoms with Crippen LogP contribution in [-0.4, -0.2) is 35.2 Å². The third kappa shape index (κ3) is 2.93. The molecular formula is C23H17F2N7. The molecule has 4 aromatic heterocycles. The largest absolute Gasteiger partial charge is 0.383 e. The highest BCUT2D eigenvalue weighted by molar-refractivity contribution is 5.83. The topological polar surface area (TPSA) is 87.4 Å². The van der Waals surface area contributed by atoms with Crippen LogP contribution >= 0.6 is 0 Å². The Balaban J connectivity index is 1.62. The van der Waals surface area contributed by atoms with Crippen LogP contribution in [0, 0.1) is 0 Å². The molecule has 0 spiro atoms. The second-order valence-electron chi connectivity index (χ2n) is 7.83. The first-order chi connectivity index (χ1) is 15.5. The standard InChI is InChI=1S/C23H17F2N7/c24-23(25)12-14-4-5-16(11-15(14)13-23)32-21(17-3-1-8-27-20(17)26)29-18-6-7-19(30-22(18)32)31-10-2-9-28-31/h1-11H,12-13H2,(H2,26,27). The SMILES string of the molecule is Nc1ncccc1-c1nc2ccc(-n3cccn3)nc2n1-c1ccc2c(c1)CC(F)(F)C2. The lowest BCUT2D eigenvalue weighted by molar-refractivity contribution is 0.0130. The Hall–Kier alpha value is -4.14. The fraction of sp³-hybridized carbons (Fsp3) is 0.130. The van der Waals surface area contributed by atoms with Crippen LogP contribution in [0.4, 0.5) is 14.6 Å². The van der Waals surface area contributed by atoms with Gasteiger partial charge in [0, 0.05) is 37.1 Å². The molecule has 0 unspecified atom stereocenters. The number of hydrogen-bond acceptors (Lipinski definition) is 5. The third-order valence-corrected chi connectivity index (χ3v) is 5.65. The Bertz CT molecular complexity index is 1470. The number of pyridine rings is 2. The number of fused-ring (bicyclic) bond motifs is 2. The summed E-state index contributed by atoms with van der Waals surface area (Å²) in [4.78, 5) is 13.7. The predicted octanol–water partition coefficient (Wildman–Crippen LogP) is 3.98. The fourth-order valence-corrected chi connectivity index (χ4v) is 4.22. The fourth-order valence-electron chi connectivity index (χ4n) is 4.22. The van der Waals surface area contributed by atoms with E-state index in [9.17, 15) is 8.78 Å². The summed E-state index contributed by atoms with van der Waals surface area (Å²) >= 11 is 0. The minimum atomic E-state index is -2.72. The zero-order valence-electron chi connectivity index (χ0n) is 16.8. The molecule has 158 valence electrons. The van der Waals surface area contributed by atoms with E-state index in [1.807, 2.05) is 34.9 Å². The summed E-state index contributed by atoms with van der Waals surface area (Å²) in [6.07, 6.45) is 4.56. The van der Waals surface area contributed by atoms with Gasteiger partial charge in [0.2, 0.25) is 0 Å². The number of imidazole rings is 1. The van der Waals surface area contributed by atoms with E-state index in [-0.39, 0.29) is 12.8 Å². The van der Waals surface area contributed by atoms with Crippen molar-refractivity contribution in [2.75, 3.05) is 5.73 Å². The Labute approximate surface area is 181 Å². The molecule has 0 fully saturated rings. The Kier molecular flexibility index (Phi) is 3.89. The Morgan fingerprint density at radius 3 is 2.62 bits per heavy atom. The van der Waals surface area contributed by atoms with Crippen LogP contribution in [0.5, 0.6) is 0 Å². The van der Waals surface area contributed by atoms with E-state index in [2.05, 4.69) is 10.1 Å². The number of anilines is 1. The van der Waals surface area contributed by atoms with Crippen LogP contribution in [0.3, 0.4) is 0 Å². The second kappa shape index (κ2) is 6.68. The number of hydrogen-bond donors (Lipinski definition) is 1. The number of nitrogen functional groups attached to an aromatic ring is 1. The van der Waals surface area contributed by atoms with Crippen molar-refractivity contribution >= 4 is 17.0 Å². The molecule has 0 saturated carbocycles. The van der Waals surface area contributed by atoms with Crippen LogP contribution in [-0.2, 0) is 12.8 Å². The Morgan fingerprint density at radius 2 is 1.81 bits per heavy atom. The van der Waals surface area contributed by atoms with Crippen LogP contribution in [0.2, 0.25) is 0 Å². The van der Waals surface area contributed by atoms with Gasteiger partial charge in [0.15, 0.2) is 17.3 Å². The molecule has 32 heavy (non-hydrogen) atoms. The van der Waals surface area contributed by atoms with Gasteiger partial charge in [-0.25, -0.2) is 28.4 Å². The average molecular weight is 429 g/mol. The average Bonchev–Trinajstić information content (AvgIpc) is 3.49. The molecule has 6 rings (SSSR count). The van der Waals surface area contributed by atoms with Crippen molar-refractivity contribution in [3.63, 3.8) is 0 Å². The molecule has 1 aliphatic rings. The predicted molar refractivity (Wildman–Crippen MR) is 116 cm³/mol. The second-order valence-corrected chi connectivity index (χ2v) is 7.83. The maximum absolute atomic E-state index is 14.0. The summed E-state index contributed by atoms with van der Waals surface area (Å²) in [7, 11) is 0. The van der Waals surface area contributed by atoms with Gasteiger partial charge in [-0.1, -0.05) is 6.07 Å². The van der Waals surface area contributed by atoms with Crippen LogP contribution in [0.1, 0.15) is 11.1 Å². The van der Waals surface area contributed by atoms with Crippen molar-refractivity contribution in [2.45, 2.75) is 18.8 Å². The molecule has 7 nitrogen and oxygen atoms in total. The summed E-state index contributed by atoms with van der Waals surface area (Å²) in [6.45, 7) is 0. The maximum atomic E-state index is 14.0. The quantitative estimate of drug-likeness (QED) is 0.469. The summed E-state index contributed by atoms with van der Waals surface area (Å²) < 4.78 is 31.5. The van der Waals surface area contributed by atoms with E-state index >= 15 is 0 Å². The van der Waals surface area contributed by atoms with Gasteiger partial charge in [-0.05, 0) is 53.6 Å². The summed E-state index contributed by atoms with van der Waals surface area (Å²) in [5.41, 5.74) is 9.98. The first-order valence-corrected chi connectivity index (χ1v) is 10.1. The lowest BCUT2D eigenvalue weighted by Crippen LogP contribution is -2.14. The molecule has 0 bridgehead atoms. The van der Waals surface area contributed by atoms with Crippen LogP contribution in [0.25, 0.3) is 34.1 Å². The maximum Gasteiger partial charge on any atom is 0.256 e. The van der Waals surface area contributed by atoms with Crippen molar-refractivity contribution in [2.24, 2.45) is 0 Å². The summed E-state index contributed by atoms with van der Waals surface area (Å²) in [5, 5.41) is 4.25. The van der Waals surface area contributed by atoms with E-state index < -0.39 is 5.92 Å². The molecule has 0 saturated heterocycles. The van der Waals surface area contributed by atoms with Gasteiger partial charge in [-0.2, -0.15) is 5.10 Å². The first-order valence-electron chi connectivity index (χ1n) is 10.1. The highest BCUT2D eigenvalue weighted by Gasteiger charge is 2.37. The highest BCUT2D eigenvalue weighted by atomic mass is 19.3. The molecule has 0 aliphatic heterocycles. The van der Waals surface area contributed by atoms with E-state index in [0.717, 1.165) is 0 Å². The van der Waals surface area contributed by atoms with Crippen LogP contribution < -0.4 is 5.73 Å². The minimum Gasteiger partial charge on any atom is -0.383 e. The number of nitrogens with zero attached hydrogens (tertiary/aromatic N) is 6. The number of halogens is 2. The number of nitrogens with two attached hydrogens (primary N) is 1. The molecule has 4 heterocycles. The van der Waals surface area contributed by atoms with Crippen molar-refractivity contribution in [3.8, 4) is 22.9 Å². The van der Waals surface area contributed by atoms with E-state index in [4.69, 9.17) is 15.7 Å². The smallest absolute Gasteiger partial charge is 0.256 e. The van der Waals surface area contributed by atoms with Gasteiger partial charge >= 0.3 is 0 Å². The molecule has 0 radical (unpaired) electrons. The molecule has 9 heteroatoms.